The fourth-order valence-electron chi connectivity index (χ4n) is 2.34. The summed E-state index contributed by atoms with van der Waals surface area (Å²) >= 11 is 0. The van der Waals surface area contributed by atoms with Crippen LogP contribution < -0.4 is 0 Å². The summed E-state index contributed by atoms with van der Waals surface area (Å²) in [6.45, 7) is 6.28. The Balaban J connectivity index is 2.02. The molecule has 2 aromatic carbocycles. The van der Waals surface area contributed by atoms with Gasteiger partial charge in [0.25, 0.3) is 0 Å². The van der Waals surface area contributed by atoms with Crippen LogP contribution >= 0.6 is 0 Å². The number of hydrogen-bond donors (Lipinski definition) is 1. The lowest BCUT2D eigenvalue weighted by molar-refractivity contribution is 0.175. The van der Waals surface area contributed by atoms with Crippen LogP contribution in [0.15, 0.2) is 42.5 Å². The van der Waals surface area contributed by atoms with E-state index in [0.717, 1.165) is 6.42 Å². The highest BCUT2D eigenvalue weighted by molar-refractivity contribution is 5.31. The molecule has 0 saturated carbocycles. The topological polar surface area (TPSA) is 20.2 Å². The minimum absolute atomic E-state index is 0.316. The lowest BCUT2D eigenvalue weighted by Crippen LogP contribution is -2.14. The van der Waals surface area contributed by atoms with Crippen molar-refractivity contribution in [3.63, 3.8) is 0 Å². The quantitative estimate of drug-likeness (QED) is 0.881. The highest BCUT2D eigenvalue weighted by Gasteiger charge is 2.09. The van der Waals surface area contributed by atoms with E-state index in [0.29, 0.717) is 6.42 Å². The summed E-state index contributed by atoms with van der Waals surface area (Å²) in [6, 6.07) is 14.8. The van der Waals surface area contributed by atoms with Crippen LogP contribution in [0.5, 0.6) is 0 Å². The summed E-state index contributed by atoms with van der Waals surface area (Å²) in [5.41, 5.74) is 6.22. The second-order valence-electron chi connectivity index (χ2n) is 5.48. The van der Waals surface area contributed by atoms with Crippen LogP contribution in [-0.2, 0) is 12.8 Å². The lowest BCUT2D eigenvalue weighted by atomic mass is 9.96. The molecule has 0 aliphatic heterocycles. The molecule has 2 aromatic rings. The average Bonchev–Trinajstić information content (AvgIpc) is 2.37. The standard InChI is InChI=1S/C18H22O/c1-13-5-8-16(9-6-13)11-18(19)12-17-10-14(2)4-7-15(17)3/h4-10,18-19H,11-12H2,1-3H3. The van der Waals surface area contributed by atoms with Crippen molar-refractivity contribution >= 4 is 0 Å². The number of aliphatic hydroxyl groups excluding tert-OH is 1. The smallest absolute Gasteiger partial charge is 0.0620 e. The molecule has 0 fully saturated rings. The maximum absolute atomic E-state index is 10.2. The predicted octanol–water partition coefficient (Wildman–Crippen LogP) is 3.76. The summed E-state index contributed by atoms with van der Waals surface area (Å²) in [7, 11) is 0. The van der Waals surface area contributed by atoms with E-state index in [4.69, 9.17) is 0 Å². The first-order valence-corrected chi connectivity index (χ1v) is 6.84. The molecule has 19 heavy (non-hydrogen) atoms. The van der Waals surface area contributed by atoms with Gasteiger partial charge in [0.15, 0.2) is 0 Å². The summed E-state index contributed by atoms with van der Waals surface area (Å²) in [6.07, 6.45) is 1.12. The molecule has 0 saturated heterocycles. The zero-order valence-electron chi connectivity index (χ0n) is 12.0. The molecule has 1 unspecified atom stereocenters. The first-order valence-electron chi connectivity index (χ1n) is 6.84. The Morgan fingerprint density at radius 1 is 0.842 bits per heavy atom. The van der Waals surface area contributed by atoms with Gasteiger partial charge in [-0.1, -0.05) is 53.6 Å². The first-order chi connectivity index (χ1) is 9.04. The number of aryl methyl sites for hydroxylation is 3. The molecular formula is C18H22O. The second kappa shape index (κ2) is 6.03. The first kappa shape index (κ1) is 13.8. The van der Waals surface area contributed by atoms with Gasteiger partial charge < -0.3 is 5.11 Å². The van der Waals surface area contributed by atoms with E-state index < -0.39 is 0 Å². The average molecular weight is 254 g/mol. The molecule has 0 radical (unpaired) electrons. The zero-order chi connectivity index (χ0) is 13.8. The van der Waals surface area contributed by atoms with Crippen molar-refractivity contribution in [2.75, 3.05) is 0 Å². The SMILES string of the molecule is Cc1ccc(CC(O)Cc2cc(C)ccc2C)cc1. The van der Waals surface area contributed by atoms with Crippen molar-refractivity contribution < 1.29 is 5.11 Å². The minimum atomic E-state index is -0.316. The highest BCUT2D eigenvalue weighted by Crippen LogP contribution is 2.15. The van der Waals surface area contributed by atoms with Crippen molar-refractivity contribution in [2.45, 2.75) is 39.7 Å². The number of aliphatic hydroxyl groups is 1. The van der Waals surface area contributed by atoms with Gasteiger partial charge in [0.1, 0.15) is 0 Å². The van der Waals surface area contributed by atoms with Gasteiger partial charge in [-0.05, 0) is 50.3 Å². The van der Waals surface area contributed by atoms with E-state index >= 15 is 0 Å². The largest absolute Gasteiger partial charge is 0.392 e. The molecule has 1 atom stereocenters. The van der Waals surface area contributed by atoms with E-state index in [2.05, 4.69) is 63.2 Å². The summed E-state index contributed by atoms with van der Waals surface area (Å²) in [4.78, 5) is 0. The van der Waals surface area contributed by atoms with Gasteiger partial charge in [0.2, 0.25) is 0 Å². The monoisotopic (exact) mass is 254 g/mol. The molecule has 1 nitrogen and oxygen atoms in total. The highest BCUT2D eigenvalue weighted by atomic mass is 16.3. The normalized spacial score (nSPS) is 12.4. The van der Waals surface area contributed by atoms with E-state index in [1.165, 1.54) is 27.8 Å². The molecule has 0 bridgehead atoms. The Morgan fingerprint density at radius 3 is 2.16 bits per heavy atom. The molecule has 1 N–H and O–H groups in total. The number of hydrogen-bond acceptors (Lipinski definition) is 1. The number of benzene rings is 2. The lowest BCUT2D eigenvalue weighted by Gasteiger charge is -2.13. The Morgan fingerprint density at radius 2 is 1.47 bits per heavy atom. The van der Waals surface area contributed by atoms with Crippen molar-refractivity contribution in [3.8, 4) is 0 Å². The van der Waals surface area contributed by atoms with Crippen LogP contribution in [0.1, 0.15) is 27.8 Å². The molecule has 1 heteroatoms. The predicted molar refractivity (Wildman–Crippen MR) is 80.5 cm³/mol. The maximum Gasteiger partial charge on any atom is 0.0620 e. The van der Waals surface area contributed by atoms with E-state index in [9.17, 15) is 5.11 Å². The maximum atomic E-state index is 10.2. The Bertz CT molecular complexity index is 540. The molecule has 0 spiro atoms. The van der Waals surface area contributed by atoms with Gasteiger partial charge in [-0.25, -0.2) is 0 Å². The van der Waals surface area contributed by atoms with Crippen molar-refractivity contribution in [2.24, 2.45) is 0 Å². The third-order valence-electron chi connectivity index (χ3n) is 3.55. The fraction of sp³-hybridized carbons (Fsp3) is 0.333. The summed E-state index contributed by atoms with van der Waals surface area (Å²) in [5, 5.41) is 10.2. The second-order valence-corrected chi connectivity index (χ2v) is 5.48. The van der Waals surface area contributed by atoms with Crippen LogP contribution in [-0.4, -0.2) is 11.2 Å². The van der Waals surface area contributed by atoms with E-state index in [1.54, 1.807) is 0 Å². The van der Waals surface area contributed by atoms with Gasteiger partial charge in [0.05, 0.1) is 6.10 Å². The zero-order valence-corrected chi connectivity index (χ0v) is 12.0. The van der Waals surface area contributed by atoms with Crippen LogP contribution in [0.2, 0.25) is 0 Å². The third-order valence-corrected chi connectivity index (χ3v) is 3.55. The van der Waals surface area contributed by atoms with E-state index in [-0.39, 0.29) is 6.10 Å². The molecule has 2 rings (SSSR count). The molecular weight excluding hydrogens is 232 g/mol. The van der Waals surface area contributed by atoms with Crippen LogP contribution in [0.4, 0.5) is 0 Å². The van der Waals surface area contributed by atoms with E-state index in [1.807, 2.05) is 0 Å². The Labute approximate surface area is 115 Å². The van der Waals surface area contributed by atoms with Crippen LogP contribution in [0, 0.1) is 20.8 Å². The molecule has 0 aromatic heterocycles. The third kappa shape index (κ3) is 3.93. The van der Waals surface area contributed by atoms with Gasteiger partial charge >= 0.3 is 0 Å². The van der Waals surface area contributed by atoms with Gasteiger partial charge in [0, 0.05) is 0 Å². The Hall–Kier alpha value is -1.60. The van der Waals surface area contributed by atoms with Gasteiger partial charge in [-0.15, -0.1) is 0 Å². The minimum Gasteiger partial charge on any atom is -0.392 e. The molecule has 0 heterocycles. The Kier molecular flexibility index (Phi) is 4.39. The molecule has 0 aliphatic rings. The fourth-order valence-corrected chi connectivity index (χ4v) is 2.34. The summed E-state index contributed by atoms with van der Waals surface area (Å²) < 4.78 is 0. The van der Waals surface area contributed by atoms with Gasteiger partial charge in [-0.3, -0.25) is 0 Å². The molecule has 0 aliphatic carbocycles. The number of rotatable bonds is 4. The van der Waals surface area contributed by atoms with Gasteiger partial charge in [-0.2, -0.15) is 0 Å². The van der Waals surface area contributed by atoms with Crippen molar-refractivity contribution in [3.05, 3.63) is 70.3 Å². The molecule has 100 valence electrons. The van der Waals surface area contributed by atoms with Crippen LogP contribution in [0.25, 0.3) is 0 Å². The van der Waals surface area contributed by atoms with Crippen LogP contribution in [0.3, 0.4) is 0 Å². The van der Waals surface area contributed by atoms with Crippen molar-refractivity contribution in [1.29, 1.82) is 0 Å². The van der Waals surface area contributed by atoms with Crippen molar-refractivity contribution in [1.82, 2.24) is 0 Å². The summed E-state index contributed by atoms with van der Waals surface area (Å²) in [5.74, 6) is 0. The molecule has 0 amide bonds.